The van der Waals surface area contributed by atoms with Crippen LogP contribution in [0.3, 0.4) is 0 Å². The number of carbonyl (C=O) groups is 1. The van der Waals surface area contributed by atoms with Gasteiger partial charge in [0.05, 0.1) is 5.69 Å². The minimum atomic E-state index is -0.862. The molecule has 0 radical (unpaired) electrons. The van der Waals surface area contributed by atoms with Crippen LogP contribution < -0.4 is 0 Å². The van der Waals surface area contributed by atoms with Crippen LogP contribution in [0.4, 0.5) is 0 Å². The highest BCUT2D eigenvalue weighted by Crippen LogP contribution is 2.28. The van der Waals surface area contributed by atoms with Gasteiger partial charge in [-0.1, -0.05) is 12.1 Å². The van der Waals surface area contributed by atoms with Gasteiger partial charge in [-0.25, -0.2) is 0 Å². The van der Waals surface area contributed by atoms with E-state index in [1.807, 2.05) is 12.3 Å². The number of rotatable bonds is 5. The molecule has 1 atom stereocenters. The Bertz CT molecular complexity index is 882. The monoisotopic (exact) mass is 338 g/mol. The molecular formula is C19H22N4O2. The molecule has 6 nitrogen and oxygen atoms in total. The van der Waals surface area contributed by atoms with Crippen LogP contribution in [0.25, 0.3) is 10.9 Å². The molecule has 0 unspecified atom stereocenters. The number of carboxylic acid groups (broad SMARTS) is 1. The van der Waals surface area contributed by atoms with Gasteiger partial charge in [-0.15, -0.1) is 0 Å². The summed E-state index contributed by atoms with van der Waals surface area (Å²) in [4.78, 5) is 16.6. The van der Waals surface area contributed by atoms with Crippen LogP contribution in [0.5, 0.6) is 0 Å². The van der Waals surface area contributed by atoms with Crippen molar-refractivity contribution < 1.29 is 9.90 Å². The summed E-state index contributed by atoms with van der Waals surface area (Å²) in [6, 6.07) is 10.5. The van der Waals surface area contributed by atoms with Crippen LogP contribution in [0.1, 0.15) is 30.0 Å². The van der Waals surface area contributed by atoms with Crippen LogP contribution in [0, 0.1) is 0 Å². The first-order chi connectivity index (χ1) is 12.2. The van der Waals surface area contributed by atoms with Crippen molar-refractivity contribution in [3.05, 3.63) is 54.0 Å². The van der Waals surface area contributed by atoms with E-state index in [0.717, 1.165) is 38.2 Å². The molecule has 4 rings (SSSR count). The Morgan fingerprint density at radius 3 is 3.12 bits per heavy atom. The number of H-pyrrole nitrogens is 1. The summed E-state index contributed by atoms with van der Waals surface area (Å²) < 4.78 is 1.51. The molecule has 0 amide bonds. The first-order valence-corrected chi connectivity index (χ1v) is 8.71. The van der Waals surface area contributed by atoms with Crippen LogP contribution in [0.2, 0.25) is 0 Å². The van der Waals surface area contributed by atoms with Crippen LogP contribution in [-0.4, -0.2) is 43.8 Å². The number of benzene rings is 1. The summed E-state index contributed by atoms with van der Waals surface area (Å²) in [6.07, 6.45) is 6.00. The van der Waals surface area contributed by atoms with E-state index in [-0.39, 0.29) is 6.54 Å². The molecule has 1 fully saturated rings. The third-order valence-electron chi connectivity index (χ3n) is 4.96. The molecule has 6 heteroatoms. The van der Waals surface area contributed by atoms with E-state index in [9.17, 15) is 4.79 Å². The number of nitrogens with zero attached hydrogens (tertiary/aromatic N) is 3. The van der Waals surface area contributed by atoms with Crippen LogP contribution in [0.15, 0.2) is 42.7 Å². The highest BCUT2D eigenvalue weighted by molar-refractivity contribution is 5.82. The number of piperidine rings is 1. The Hall–Kier alpha value is -2.60. The van der Waals surface area contributed by atoms with Gasteiger partial charge in [-0.3, -0.25) is 14.4 Å². The Labute approximate surface area is 146 Å². The maximum atomic E-state index is 10.8. The normalized spacial score (nSPS) is 18.6. The van der Waals surface area contributed by atoms with Gasteiger partial charge < -0.3 is 10.1 Å². The molecule has 3 aromatic rings. The lowest BCUT2D eigenvalue weighted by Gasteiger charge is -2.32. The van der Waals surface area contributed by atoms with Crippen LogP contribution in [-0.2, 0) is 17.9 Å². The van der Waals surface area contributed by atoms with E-state index < -0.39 is 5.97 Å². The first kappa shape index (κ1) is 15.9. The Balaban J connectivity index is 1.46. The number of aliphatic carboxylic acids is 1. The highest BCUT2D eigenvalue weighted by atomic mass is 16.4. The van der Waals surface area contributed by atoms with Gasteiger partial charge in [-0.2, -0.15) is 5.10 Å². The van der Waals surface area contributed by atoms with Crippen molar-refractivity contribution in [2.75, 3.05) is 13.1 Å². The lowest BCUT2D eigenvalue weighted by atomic mass is 9.94. The van der Waals surface area contributed by atoms with Crippen molar-refractivity contribution >= 4 is 16.9 Å². The number of fused-ring (bicyclic) bond motifs is 1. The summed E-state index contributed by atoms with van der Waals surface area (Å²) in [7, 11) is 0. The molecule has 130 valence electrons. The molecule has 1 saturated heterocycles. The molecule has 2 aromatic heterocycles. The quantitative estimate of drug-likeness (QED) is 0.750. The zero-order chi connectivity index (χ0) is 17.2. The fourth-order valence-electron chi connectivity index (χ4n) is 3.79. The maximum absolute atomic E-state index is 10.8. The Morgan fingerprint density at radius 2 is 2.24 bits per heavy atom. The predicted octanol–water partition coefficient (Wildman–Crippen LogP) is 2.83. The average Bonchev–Trinajstić information content (AvgIpc) is 3.24. The molecule has 1 aliphatic heterocycles. The lowest BCUT2D eigenvalue weighted by Crippen LogP contribution is -2.34. The van der Waals surface area contributed by atoms with Gasteiger partial charge in [0.25, 0.3) is 0 Å². The first-order valence-electron chi connectivity index (χ1n) is 8.71. The predicted molar refractivity (Wildman–Crippen MR) is 95.4 cm³/mol. The van der Waals surface area contributed by atoms with E-state index in [2.05, 4.69) is 39.2 Å². The van der Waals surface area contributed by atoms with Gasteiger partial charge in [-0.05, 0) is 43.1 Å². The molecule has 2 N–H and O–H groups in total. The van der Waals surface area contributed by atoms with Gasteiger partial charge in [0.2, 0.25) is 0 Å². The van der Waals surface area contributed by atoms with Gasteiger partial charge in [0.15, 0.2) is 0 Å². The molecule has 0 aliphatic carbocycles. The smallest absolute Gasteiger partial charge is 0.325 e. The minimum absolute atomic E-state index is 0.0775. The number of hydrogen-bond acceptors (Lipinski definition) is 3. The zero-order valence-electron chi connectivity index (χ0n) is 14.1. The number of nitrogens with one attached hydrogen (secondary N) is 1. The standard InChI is InChI=1S/C19H22N4O2/c24-19(25)13-23-10-7-17(21-23)15-4-2-9-22(12-15)11-14-3-1-5-18-16(14)6-8-20-18/h1,3,5-8,10,15,20H,2,4,9,11-13H2,(H,24,25)/t15-/m0/s1. The fraction of sp³-hybridized carbons (Fsp3) is 0.368. The Morgan fingerprint density at radius 1 is 1.32 bits per heavy atom. The summed E-state index contributed by atoms with van der Waals surface area (Å²) in [5.41, 5.74) is 3.53. The van der Waals surface area contributed by atoms with Crippen molar-refractivity contribution in [2.45, 2.75) is 31.8 Å². The molecule has 1 aromatic carbocycles. The molecule has 0 bridgehead atoms. The van der Waals surface area contributed by atoms with E-state index >= 15 is 0 Å². The molecule has 0 saturated carbocycles. The summed E-state index contributed by atoms with van der Waals surface area (Å²) in [5, 5.41) is 14.6. The van der Waals surface area contributed by atoms with E-state index in [4.69, 9.17) is 5.11 Å². The number of carboxylic acids is 1. The summed E-state index contributed by atoms with van der Waals surface area (Å²) in [6.45, 7) is 2.91. The number of aromatic nitrogens is 3. The second-order valence-corrected chi connectivity index (χ2v) is 6.76. The molecule has 1 aliphatic rings. The van der Waals surface area contributed by atoms with Gasteiger partial charge in [0, 0.05) is 42.3 Å². The highest BCUT2D eigenvalue weighted by Gasteiger charge is 2.23. The Kier molecular flexibility index (Phi) is 4.28. The second kappa shape index (κ2) is 6.72. The topological polar surface area (TPSA) is 74.2 Å². The van der Waals surface area contributed by atoms with Gasteiger partial charge >= 0.3 is 5.97 Å². The van der Waals surface area contributed by atoms with Crippen molar-refractivity contribution in [1.29, 1.82) is 0 Å². The van der Waals surface area contributed by atoms with E-state index in [0.29, 0.717) is 5.92 Å². The van der Waals surface area contributed by atoms with Crippen molar-refractivity contribution in [2.24, 2.45) is 0 Å². The van der Waals surface area contributed by atoms with Crippen LogP contribution >= 0.6 is 0 Å². The van der Waals surface area contributed by atoms with Crippen molar-refractivity contribution in [1.82, 2.24) is 19.7 Å². The fourth-order valence-corrected chi connectivity index (χ4v) is 3.79. The lowest BCUT2D eigenvalue weighted by molar-refractivity contribution is -0.137. The number of aromatic amines is 1. The number of likely N-dealkylation sites (tertiary alicyclic amines) is 1. The number of hydrogen-bond donors (Lipinski definition) is 2. The second-order valence-electron chi connectivity index (χ2n) is 6.76. The third kappa shape index (κ3) is 3.44. The zero-order valence-corrected chi connectivity index (χ0v) is 14.1. The summed E-state index contributed by atoms with van der Waals surface area (Å²) >= 11 is 0. The minimum Gasteiger partial charge on any atom is -0.480 e. The summed E-state index contributed by atoms with van der Waals surface area (Å²) in [5.74, 6) is -0.492. The SMILES string of the molecule is O=C(O)Cn1ccc([C@H]2CCCN(Cc3cccc4[nH]ccc34)C2)n1. The van der Waals surface area contributed by atoms with E-state index in [1.54, 1.807) is 6.20 Å². The molecule has 3 heterocycles. The maximum Gasteiger partial charge on any atom is 0.325 e. The third-order valence-corrected chi connectivity index (χ3v) is 4.96. The largest absolute Gasteiger partial charge is 0.480 e. The van der Waals surface area contributed by atoms with Crippen molar-refractivity contribution in [3.63, 3.8) is 0 Å². The molecule has 0 spiro atoms. The van der Waals surface area contributed by atoms with Gasteiger partial charge in [0.1, 0.15) is 6.54 Å². The van der Waals surface area contributed by atoms with E-state index in [1.165, 1.54) is 21.1 Å². The molecular weight excluding hydrogens is 316 g/mol. The average molecular weight is 338 g/mol. The molecule has 25 heavy (non-hydrogen) atoms. The van der Waals surface area contributed by atoms with Crippen molar-refractivity contribution in [3.8, 4) is 0 Å².